The summed E-state index contributed by atoms with van der Waals surface area (Å²) >= 11 is 5.41. The summed E-state index contributed by atoms with van der Waals surface area (Å²) in [5.74, 6) is 2.77. The van der Waals surface area contributed by atoms with Crippen LogP contribution in [0.25, 0.3) is 16.9 Å². The number of nitrogens with zero attached hydrogens (tertiary/aromatic N) is 2. The van der Waals surface area contributed by atoms with Crippen molar-refractivity contribution in [1.82, 2.24) is 4.57 Å². The van der Waals surface area contributed by atoms with E-state index >= 15 is 0 Å². The zero-order chi connectivity index (χ0) is 16.8. The maximum Gasteiger partial charge on any atom is 0.323 e. The maximum atomic E-state index is 5.76. The largest absolute Gasteiger partial charge is 1.00 e. The lowest BCUT2D eigenvalue weighted by Gasteiger charge is -2.18. The summed E-state index contributed by atoms with van der Waals surface area (Å²) in [6.45, 7) is 2.25. The Morgan fingerprint density at radius 3 is 2.58 bits per heavy atom. The lowest BCUT2D eigenvalue weighted by atomic mass is 10.1. The molecule has 0 fully saturated rings. The van der Waals surface area contributed by atoms with Crippen LogP contribution in [0.4, 0.5) is 0 Å². The summed E-state index contributed by atoms with van der Waals surface area (Å²) in [4.78, 5) is 0. The van der Waals surface area contributed by atoms with Crippen LogP contribution in [0, 0.1) is 0 Å². The van der Waals surface area contributed by atoms with Gasteiger partial charge in [-0.05, 0) is 54.2 Å². The molecular formula is C19H16Br2N2O2S. The quantitative estimate of drug-likeness (QED) is 0.498. The molecule has 2 aromatic carbocycles. The van der Waals surface area contributed by atoms with E-state index in [1.165, 1.54) is 16.5 Å². The molecule has 0 spiro atoms. The van der Waals surface area contributed by atoms with E-state index in [0.29, 0.717) is 13.2 Å². The Morgan fingerprint density at radius 1 is 1.00 bits per heavy atom. The Morgan fingerprint density at radius 2 is 1.77 bits per heavy atom. The van der Waals surface area contributed by atoms with Crippen molar-refractivity contribution in [2.24, 2.45) is 0 Å². The minimum atomic E-state index is 0. The first-order chi connectivity index (χ1) is 12.3. The molecule has 0 N–H and O–H groups in total. The third-order valence-electron chi connectivity index (χ3n) is 4.47. The number of halogens is 2. The van der Waals surface area contributed by atoms with Crippen LogP contribution in [0.1, 0.15) is 0 Å². The van der Waals surface area contributed by atoms with Gasteiger partial charge in [0.1, 0.15) is 31.6 Å². The molecule has 5 rings (SSSR count). The normalized spacial score (nSPS) is 14.7. The predicted molar refractivity (Wildman–Crippen MR) is 101 cm³/mol. The molecule has 1 aromatic heterocycles. The van der Waals surface area contributed by atoms with E-state index in [-0.39, 0.29) is 17.0 Å². The van der Waals surface area contributed by atoms with Crippen molar-refractivity contribution in [2.45, 2.75) is 11.7 Å². The molecule has 0 bridgehead atoms. The molecular weight excluding hydrogens is 480 g/mol. The van der Waals surface area contributed by atoms with Crippen molar-refractivity contribution in [1.29, 1.82) is 0 Å². The molecule has 0 atom stereocenters. The van der Waals surface area contributed by atoms with Crippen LogP contribution in [0.2, 0.25) is 0 Å². The monoisotopic (exact) mass is 494 g/mol. The standard InChI is InChI=1S/C19H16BrN2O2S.BrH/c20-14-2-4-15(5-3-14)22-12-16(21-7-10-25-19(21)22)13-1-6-17-18(11-13)24-9-8-23-17;/h1-6,11-12H,7-10H2;1H/q+1;/p-1. The van der Waals surface area contributed by atoms with E-state index in [1.807, 2.05) is 17.8 Å². The SMILES string of the molecule is Brc1ccc(-n2cc(-c3ccc4c(c3)OCCO4)[n+]3c2SCC3)cc1.[Br-]. The highest BCUT2D eigenvalue weighted by Crippen LogP contribution is 2.36. The first-order valence-corrected chi connectivity index (χ1v) is 10.0. The molecule has 7 heteroatoms. The van der Waals surface area contributed by atoms with Crippen molar-refractivity contribution in [3.05, 3.63) is 53.1 Å². The molecule has 3 heterocycles. The Kier molecular flexibility index (Phi) is 5.03. The van der Waals surface area contributed by atoms with Crippen LogP contribution in [-0.4, -0.2) is 23.5 Å². The number of thioether (sulfide) groups is 1. The molecule has 0 aliphatic carbocycles. The Balaban J connectivity index is 0.00000168. The number of hydrogen-bond donors (Lipinski definition) is 0. The van der Waals surface area contributed by atoms with E-state index in [4.69, 9.17) is 9.47 Å². The lowest BCUT2D eigenvalue weighted by Crippen LogP contribution is -3.00. The van der Waals surface area contributed by atoms with E-state index < -0.39 is 0 Å². The van der Waals surface area contributed by atoms with Gasteiger partial charge in [-0.3, -0.25) is 0 Å². The Labute approximate surface area is 175 Å². The summed E-state index contributed by atoms with van der Waals surface area (Å²) in [6.07, 6.45) is 2.22. The smallest absolute Gasteiger partial charge is 0.323 e. The zero-order valence-corrected chi connectivity index (χ0v) is 17.8. The second kappa shape index (κ2) is 7.29. The first kappa shape index (κ1) is 17.9. The Hall–Kier alpha value is -1.44. The second-order valence-electron chi connectivity index (χ2n) is 6.00. The molecule has 0 amide bonds. The fraction of sp³-hybridized carbons (Fsp3) is 0.211. The molecule has 134 valence electrons. The number of ether oxygens (including phenoxy) is 2. The molecule has 0 saturated heterocycles. The zero-order valence-electron chi connectivity index (χ0n) is 13.8. The van der Waals surface area contributed by atoms with Gasteiger partial charge in [-0.2, -0.15) is 4.57 Å². The average molecular weight is 496 g/mol. The van der Waals surface area contributed by atoms with Gasteiger partial charge in [0, 0.05) is 15.8 Å². The maximum absolute atomic E-state index is 5.76. The number of imidazole rings is 1. The number of rotatable bonds is 2. The van der Waals surface area contributed by atoms with Crippen molar-refractivity contribution in [2.75, 3.05) is 19.0 Å². The van der Waals surface area contributed by atoms with Gasteiger partial charge in [0.05, 0.1) is 0 Å². The molecule has 4 nitrogen and oxygen atoms in total. The number of fused-ring (bicyclic) bond motifs is 2. The third kappa shape index (κ3) is 3.06. The van der Waals surface area contributed by atoms with Crippen LogP contribution in [-0.2, 0) is 6.54 Å². The minimum Gasteiger partial charge on any atom is -1.00 e. The van der Waals surface area contributed by atoms with Crippen LogP contribution >= 0.6 is 27.7 Å². The molecule has 0 unspecified atom stereocenters. The van der Waals surface area contributed by atoms with Gasteiger partial charge >= 0.3 is 5.16 Å². The van der Waals surface area contributed by atoms with Crippen LogP contribution in [0.15, 0.2) is 58.3 Å². The van der Waals surface area contributed by atoms with Gasteiger partial charge in [-0.1, -0.05) is 15.9 Å². The predicted octanol–water partition coefficient (Wildman–Crippen LogP) is 1.08. The second-order valence-corrected chi connectivity index (χ2v) is 7.98. The van der Waals surface area contributed by atoms with Gasteiger partial charge in [-0.15, -0.1) is 0 Å². The fourth-order valence-electron chi connectivity index (χ4n) is 3.29. The fourth-order valence-corrected chi connectivity index (χ4v) is 4.66. The van der Waals surface area contributed by atoms with Gasteiger partial charge in [0.2, 0.25) is 0 Å². The van der Waals surface area contributed by atoms with Gasteiger partial charge in [-0.25, -0.2) is 4.57 Å². The average Bonchev–Trinajstić information content (AvgIpc) is 3.25. The molecule has 26 heavy (non-hydrogen) atoms. The highest BCUT2D eigenvalue weighted by atomic mass is 79.9. The molecule has 2 aliphatic heterocycles. The highest BCUT2D eigenvalue weighted by Gasteiger charge is 2.31. The van der Waals surface area contributed by atoms with Crippen LogP contribution in [0.3, 0.4) is 0 Å². The molecule has 0 saturated carbocycles. The topological polar surface area (TPSA) is 27.3 Å². The number of hydrogen-bond acceptors (Lipinski definition) is 3. The summed E-state index contributed by atoms with van der Waals surface area (Å²) in [6, 6.07) is 14.6. The van der Waals surface area contributed by atoms with Crippen LogP contribution < -0.4 is 31.0 Å². The van der Waals surface area contributed by atoms with Crippen molar-refractivity contribution >= 4 is 27.7 Å². The van der Waals surface area contributed by atoms with Gasteiger partial charge < -0.3 is 26.5 Å². The molecule has 2 aliphatic rings. The number of benzene rings is 2. The molecule has 0 radical (unpaired) electrons. The van der Waals surface area contributed by atoms with Gasteiger partial charge in [0.15, 0.2) is 17.2 Å². The van der Waals surface area contributed by atoms with Crippen LogP contribution in [0.5, 0.6) is 11.5 Å². The number of aromatic nitrogens is 2. The van der Waals surface area contributed by atoms with Crippen molar-refractivity contribution in [3.63, 3.8) is 0 Å². The van der Waals surface area contributed by atoms with E-state index in [9.17, 15) is 0 Å². The Bertz CT molecular complexity index is 957. The summed E-state index contributed by atoms with van der Waals surface area (Å²) in [7, 11) is 0. The van der Waals surface area contributed by atoms with Gasteiger partial charge in [0.25, 0.3) is 0 Å². The van der Waals surface area contributed by atoms with Crippen molar-refractivity contribution < 1.29 is 31.0 Å². The minimum absolute atomic E-state index is 0. The summed E-state index contributed by atoms with van der Waals surface area (Å²) in [5, 5.41) is 1.27. The first-order valence-electron chi connectivity index (χ1n) is 8.23. The molecule has 3 aromatic rings. The summed E-state index contributed by atoms with van der Waals surface area (Å²) < 4.78 is 17.2. The van der Waals surface area contributed by atoms with E-state index in [2.05, 4.69) is 67.7 Å². The van der Waals surface area contributed by atoms with E-state index in [0.717, 1.165) is 33.8 Å². The van der Waals surface area contributed by atoms with E-state index in [1.54, 1.807) is 0 Å². The van der Waals surface area contributed by atoms with Crippen molar-refractivity contribution in [3.8, 4) is 28.4 Å². The highest BCUT2D eigenvalue weighted by molar-refractivity contribution is 9.10. The lowest BCUT2D eigenvalue weighted by molar-refractivity contribution is -0.713. The third-order valence-corrected chi connectivity index (χ3v) is 6.06. The summed E-state index contributed by atoms with van der Waals surface area (Å²) in [5.41, 5.74) is 3.54.